The van der Waals surface area contributed by atoms with Crippen molar-refractivity contribution in [3.05, 3.63) is 83.3 Å². The molecule has 0 aliphatic heterocycles. The zero-order chi connectivity index (χ0) is 17.8. The first kappa shape index (κ1) is 16.4. The number of aryl methyl sites for hydroxylation is 1. The predicted octanol–water partition coefficient (Wildman–Crippen LogP) is 2.59. The molecule has 0 fully saturated rings. The third-order valence-electron chi connectivity index (χ3n) is 3.94. The normalized spacial score (nSPS) is 10.4. The Labute approximate surface area is 145 Å². The van der Waals surface area contributed by atoms with Crippen molar-refractivity contribution in [2.45, 2.75) is 13.5 Å². The monoisotopic (exact) mass is 334 g/mol. The van der Waals surface area contributed by atoms with Crippen LogP contribution in [0.15, 0.2) is 60.9 Å². The fourth-order valence-electron chi connectivity index (χ4n) is 2.59. The number of nitrogens with one attached hydrogen (secondary N) is 1. The zero-order valence-electron chi connectivity index (χ0n) is 13.8. The van der Waals surface area contributed by atoms with Crippen molar-refractivity contribution in [1.29, 1.82) is 0 Å². The van der Waals surface area contributed by atoms with Crippen LogP contribution in [0.1, 0.15) is 32.0 Å². The number of nitrogens with zero attached hydrogens (tertiary/aromatic N) is 2. The Morgan fingerprint density at radius 2 is 1.76 bits per heavy atom. The second kappa shape index (κ2) is 7.00. The molecule has 1 aromatic heterocycles. The van der Waals surface area contributed by atoms with Gasteiger partial charge in [-0.25, -0.2) is 4.98 Å². The molecule has 0 unspecified atom stereocenters. The molecule has 3 rings (SSSR count). The number of hydrogen-bond acceptors (Lipinski definition) is 3. The molecule has 6 heteroatoms. The SMILES string of the molecule is Cc1ccccc1Cn1cnc(NC(=O)c2ccccc2)c1C(N)=O. The van der Waals surface area contributed by atoms with Crippen LogP contribution in [0.3, 0.4) is 0 Å². The smallest absolute Gasteiger partial charge is 0.269 e. The van der Waals surface area contributed by atoms with Crippen molar-refractivity contribution < 1.29 is 9.59 Å². The summed E-state index contributed by atoms with van der Waals surface area (Å²) in [5.74, 6) is -0.825. The highest BCUT2D eigenvalue weighted by Gasteiger charge is 2.19. The minimum Gasteiger partial charge on any atom is -0.364 e. The lowest BCUT2D eigenvalue weighted by Gasteiger charge is -2.10. The summed E-state index contributed by atoms with van der Waals surface area (Å²) in [7, 11) is 0. The van der Waals surface area contributed by atoms with E-state index < -0.39 is 5.91 Å². The predicted molar refractivity (Wildman–Crippen MR) is 95.4 cm³/mol. The van der Waals surface area contributed by atoms with Gasteiger partial charge in [0, 0.05) is 12.1 Å². The maximum absolute atomic E-state index is 12.3. The van der Waals surface area contributed by atoms with Crippen LogP contribution in [0.5, 0.6) is 0 Å². The Balaban J connectivity index is 1.89. The van der Waals surface area contributed by atoms with E-state index in [1.165, 1.54) is 6.33 Å². The average molecular weight is 334 g/mol. The van der Waals surface area contributed by atoms with E-state index in [9.17, 15) is 9.59 Å². The van der Waals surface area contributed by atoms with Gasteiger partial charge < -0.3 is 15.6 Å². The molecule has 0 bridgehead atoms. The van der Waals surface area contributed by atoms with Gasteiger partial charge >= 0.3 is 0 Å². The first-order valence-corrected chi connectivity index (χ1v) is 7.82. The molecule has 0 saturated carbocycles. The summed E-state index contributed by atoms with van der Waals surface area (Å²) in [5.41, 5.74) is 8.31. The number of amides is 2. The molecule has 6 nitrogen and oxygen atoms in total. The number of carbonyl (C=O) groups is 2. The Hall–Kier alpha value is -3.41. The molecule has 3 N–H and O–H groups in total. The molecule has 0 saturated heterocycles. The van der Waals surface area contributed by atoms with E-state index in [0.717, 1.165) is 11.1 Å². The maximum Gasteiger partial charge on any atom is 0.269 e. The maximum atomic E-state index is 12.3. The van der Waals surface area contributed by atoms with Crippen molar-refractivity contribution >= 4 is 17.6 Å². The van der Waals surface area contributed by atoms with Crippen LogP contribution in [0, 0.1) is 6.92 Å². The van der Waals surface area contributed by atoms with Crippen LogP contribution in [-0.4, -0.2) is 21.4 Å². The molecule has 2 aromatic carbocycles. The number of aromatic nitrogens is 2. The van der Waals surface area contributed by atoms with Gasteiger partial charge in [0.05, 0.1) is 6.33 Å². The van der Waals surface area contributed by atoms with E-state index >= 15 is 0 Å². The number of hydrogen-bond donors (Lipinski definition) is 2. The number of rotatable bonds is 5. The summed E-state index contributed by atoms with van der Waals surface area (Å²) in [5, 5.41) is 2.66. The molecule has 0 aliphatic rings. The highest BCUT2D eigenvalue weighted by atomic mass is 16.2. The van der Waals surface area contributed by atoms with Crippen molar-refractivity contribution in [3.63, 3.8) is 0 Å². The molecular formula is C19H18N4O2. The highest BCUT2D eigenvalue weighted by Crippen LogP contribution is 2.17. The summed E-state index contributed by atoms with van der Waals surface area (Å²) in [6.45, 7) is 2.44. The van der Waals surface area contributed by atoms with Crippen molar-refractivity contribution in [2.75, 3.05) is 5.32 Å². The third-order valence-corrected chi connectivity index (χ3v) is 3.94. The lowest BCUT2D eigenvalue weighted by molar-refractivity contribution is 0.0993. The summed E-state index contributed by atoms with van der Waals surface area (Å²) < 4.78 is 1.64. The minimum atomic E-state index is -0.644. The standard InChI is InChI=1S/C19H18N4O2/c1-13-7-5-6-10-15(13)11-23-12-21-18(16(23)17(20)24)22-19(25)14-8-3-2-4-9-14/h2-10,12H,11H2,1H3,(H2,20,24)(H,22,25). The van der Waals surface area contributed by atoms with E-state index in [0.29, 0.717) is 12.1 Å². The topological polar surface area (TPSA) is 90.0 Å². The molecule has 1 heterocycles. The van der Waals surface area contributed by atoms with Crippen LogP contribution < -0.4 is 11.1 Å². The molecule has 0 aliphatic carbocycles. The third kappa shape index (κ3) is 3.58. The molecule has 2 amide bonds. The van der Waals surface area contributed by atoms with Gasteiger partial charge in [-0.2, -0.15) is 0 Å². The Morgan fingerprint density at radius 3 is 2.44 bits per heavy atom. The van der Waals surface area contributed by atoms with Gasteiger partial charge in [0.15, 0.2) is 11.5 Å². The lowest BCUT2D eigenvalue weighted by atomic mass is 10.1. The van der Waals surface area contributed by atoms with Gasteiger partial charge in [-0.05, 0) is 30.2 Å². The number of primary amides is 1. The Kier molecular flexibility index (Phi) is 4.61. The van der Waals surface area contributed by atoms with E-state index in [-0.39, 0.29) is 17.4 Å². The van der Waals surface area contributed by atoms with Gasteiger partial charge in [-0.1, -0.05) is 42.5 Å². The van der Waals surface area contributed by atoms with Crippen LogP contribution in [-0.2, 0) is 6.54 Å². The van der Waals surface area contributed by atoms with Crippen LogP contribution in [0.25, 0.3) is 0 Å². The van der Waals surface area contributed by atoms with Gasteiger partial charge in [-0.3, -0.25) is 9.59 Å². The lowest BCUT2D eigenvalue weighted by Crippen LogP contribution is -2.21. The summed E-state index contributed by atoms with van der Waals surface area (Å²) in [6, 6.07) is 16.6. The van der Waals surface area contributed by atoms with E-state index in [2.05, 4.69) is 10.3 Å². The van der Waals surface area contributed by atoms with E-state index in [1.807, 2.05) is 37.3 Å². The second-order valence-electron chi connectivity index (χ2n) is 5.68. The Morgan fingerprint density at radius 1 is 1.08 bits per heavy atom. The molecule has 0 spiro atoms. The molecule has 25 heavy (non-hydrogen) atoms. The fraction of sp³-hybridized carbons (Fsp3) is 0.105. The summed E-state index contributed by atoms with van der Waals surface area (Å²) in [4.78, 5) is 28.4. The number of imidazole rings is 1. The number of carbonyl (C=O) groups excluding carboxylic acids is 2. The van der Waals surface area contributed by atoms with Crippen LogP contribution in [0.2, 0.25) is 0 Å². The quantitative estimate of drug-likeness (QED) is 0.751. The summed E-state index contributed by atoms with van der Waals surface area (Å²) in [6.07, 6.45) is 1.51. The van der Waals surface area contributed by atoms with Gasteiger partial charge in [0.2, 0.25) is 0 Å². The van der Waals surface area contributed by atoms with Gasteiger partial charge in [0.1, 0.15) is 0 Å². The van der Waals surface area contributed by atoms with Crippen LogP contribution >= 0.6 is 0 Å². The molecule has 0 radical (unpaired) electrons. The Bertz CT molecular complexity index is 916. The fourth-order valence-corrected chi connectivity index (χ4v) is 2.59. The summed E-state index contributed by atoms with van der Waals surface area (Å²) >= 11 is 0. The number of anilines is 1. The zero-order valence-corrected chi connectivity index (χ0v) is 13.8. The first-order chi connectivity index (χ1) is 12.1. The minimum absolute atomic E-state index is 0.162. The number of nitrogens with two attached hydrogens (primary N) is 1. The average Bonchev–Trinajstić information content (AvgIpc) is 3.00. The van der Waals surface area contributed by atoms with E-state index in [4.69, 9.17) is 5.73 Å². The van der Waals surface area contributed by atoms with E-state index in [1.54, 1.807) is 28.8 Å². The number of benzene rings is 2. The first-order valence-electron chi connectivity index (χ1n) is 7.82. The van der Waals surface area contributed by atoms with Gasteiger partial charge in [-0.15, -0.1) is 0 Å². The van der Waals surface area contributed by atoms with Gasteiger partial charge in [0.25, 0.3) is 11.8 Å². The van der Waals surface area contributed by atoms with Crippen molar-refractivity contribution in [2.24, 2.45) is 5.73 Å². The molecule has 0 atom stereocenters. The highest BCUT2D eigenvalue weighted by molar-refractivity contribution is 6.07. The van der Waals surface area contributed by atoms with Crippen molar-refractivity contribution in [1.82, 2.24) is 9.55 Å². The largest absolute Gasteiger partial charge is 0.364 e. The molecule has 126 valence electrons. The van der Waals surface area contributed by atoms with Crippen LogP contribution in [0.4, 0.5) is 5.82 Å². The second-order valence-corrected chi connectivity index (χ2v) is 5.68. The molecule has 3 aromatic rings. The molecular weight excluding hydrogens is 316 g/mol. The van der Waals surface area contributed by atoms with Crippen molar-refractivity contribution in [3.8, 4) is 0 Å².